The number of thiazole rings is 1. The molecule has 0 bridgehead atoms. The highest BCUT2D eigenvalue weighted by atomic mass is 32.1. The summed E-state index contributed by atoms with van der Waals surface area (Å²) in [6.07, 6.45) is 0. The Kier molecular flexibility index (Phi) is 4.59. The number of rotatable bonds is 4. The van der Waals surface area contributed by atoms with Crippen LogP contribution in [0.15, 0.2) is 29.1 Å². The second kappa shape index (κ2) is 6.66. The van der Waals surface area contributed by atoms with Crippen molar-refractivity contribution in [3.8, 4) is 0 Å². The van der Waals surface area contributed by atoms with Gasteiger partial charge in [0, 0.05) is 37.4 Å². The number of anilines is 3. The summed E-state index contributed by atoms with van der Waals surface area (Å²) in [7, 11) is 2.09. The first-order chi connectivity index (χ1) is 11.5. The summed E-state index contributed by atoms with van der Waals surface area (Å²) in [6, 6.07) is 7.14. The van der Waals surface area contributed by atoms with E-state index in [2.05, 4.69) is 22.2 Å². The highest BCUT2D eigenvalue weighted by Crippen LogP contribution is 2.31. The molecule has 2 heterocycles. The molecule has 1 fully saturated rings. The Balaban J connectivity index is 1.87. The minimum Gasteiger partial charge on any atom is -0.358 e. The Labute approximate surface area is 144 Å². The quantitative estimate of drug-likeness (QED) is 0.641. The Morgan fingerprint density at radius 1 is 1.17 bits per heavy atom. The lowest BCUT2D eigenvalue weighted by atomic mass is 10.1. The van der Waals surface area contributed by atoms with Crippen molar-refractivity contribution in [2.24, 2.45) is 0 Å². The van der Waals surface area contributed by atoms with E-state index in [1.165, 1.54) is 6.92 Å². The molecule has 128 valence electrons. The minimum absolute atomic E-state index is 0.0194. The monoisotopic (exact) mass is 347 g/mol. The van der Waals surface area contributed by atoms with Crippen molar-refractivity contribution in [3.05, 3.63) is 39.5 Å². The van der Waals surface area contributed by atoms with Gasteiger partial charge in [0.1, 0.15) is 5.00 Å². The van der Waals surface area contributed by atoms with Crippen LogP contribution in [0.3, 0.4) is 0 Å². The van der Waals surface area contributed by atoms with Crippen LogP contribution in [0.4, 0.5) is 16.5 Å². The zero-order chi connectivity index (χ0) is 17.3. The molecule has 24 heavy (non-hydrogen) atoms. The molecule has 1 aromatic carbocycles. The molecule has 0 amide bonds. The number of benzene rings is 1. The number of piperazine rings is 1. The zero-order valence-corrected chi connectivity index (χ0v) is 14.6. The molecule has 0 spiro atoms. The van der Waals surface area contributed by atoms with E-state index in [0.717, 1.165) is 52.9 Å². The summed E-state index contributed by atoms with van der Waals surface area (Å²) in [5.74, 6) is 6.53. The number of ketones is 1. The van der Waals surface area contributed by atoms with E-state index < -0.39 is 0 Å². The maximum atomic E-state index is 12.0. The van der Waals surface area contributed by atoms with Crippen LogP contribution in [0.1, 0.15) is 17.3 Å². The lowest BCUT2D eigenvalue weighted by molar-refractivity contribution is 0.101. The van der Waals surface area contributed by atoms with Crippen molar-refractivity contribution in [3.63, 3.8) is 0 Å². The minimum atomic E-state index is -0.202. The third-order valence-electron chi connectivity index (χ3n) is 4.17. The van der Waals surface area contributed by atoms with Gasteiger partial charge in [0.05, 0.1) is 0 Å². The van der Waals surface area contributed by atoms with Gasteiger partial charge in [0.25, 0.3) is 0 Å². The molecule has 0 radical (unpaired) electrons. The predicted molar refractivity (Wildman–Crippen MR) is 98.2 cm³/mol. The lowest BCUT2D eigenvalue weighted by Gasteiger charge is -2.33. The number of likely N-dealkylation sites (N-methyl/N-ethyl adjacent to an activating group) is 1. The number of carbonyl (C=O) groups excluding carboxylic acids is 1. The van der Waals surface area contributed by atoms with Gasteiger partial charge in [0.15, 0.2) is 11.6 Å². The normalized spacial score (nSPS) is 15.5. The fraction of sp³-hybridized carbons (Fsp3) is 0.375. The topological polar surface area (TPSA) is 83.6 Å². The number of aromatic nitrogens is 1. The molecule has 1 saturated heterocycles. The number of carbonyl (C=O) groups is 1. The first-order valence-corrected chi connectivity index (χ1v) is 8.60. The van der Waals surface area contributed by atoms with Crippen LogP contribution in [0.5, 0.6) is 0 Å². The molecule has 3 rings (SSSR count). The molecule has 0 unspecified atom stereocenters. The van der Waals surface area contributed by atoms with Crippen molar-refractivity contribution in [2.75, 3.05) is 49.3 Å². The molecule has 1 aromatic heterocycles. The van der Waals surface area contributed by atoms with Crippen LogP contribution in [-0.4, -0.2) is 48.6 Å². The molecule has 0 saturated carbocycles. The van der Waals surface area contributed by atoms with Gasteiger partial charge in [-0.05, 0) is 38.2 Å². The van der Waals surface area contributed by atoms with E-state index >= 15 is 0 Å². The molecule has 8 heteroatoms. The third-order valence-corrected chi connectivity index (χ3v) is 5.19. The van der Waals surface area contributed by atoms with E-state index in [0.29, 0.717) is 11.4 Å². The van der Waals surface area contributed by atoms with E-state index in [1.807, 2.05) is 12.1 Å². The Bertz CT molecular complexity index is 788. The number of hydrogen-bond donors (Lipinski definition) is 2. The first-order valence-electron chi connectivity index (χ1n) is 7.78. The maximum absolute atomic E-state index is 12.0. The van der Waals surface area contributed by atoms with Crippen LogP contribution in [0.25, 0.3) is 0 Å². The van der Waals surface area contributed by atoms with Crippen LogP contribution in [0.2, 0.25) is 0 Å². The molecule has 3 N–H and O–H groups in total. The van der Waals surface area contributed by atoms with Crippen molar-refractivity contribution in [1.29, 1.82) is 0 Å². The van der Waals surface area contributed by atoms with E-state index in [4.69, 9.17) is 5.84 Å². The standard InChI is InChI=1S/C16H21N5O2S/c1-11(22)12-3-5-13(6-4-12)18-14-15(24-16(23)21(14)17)20-9-7-19(2)8-10-20/h3-6,18H,7-10,17H2,1-2H3. The maximum Gasteiger partial charge on any atom is 0.329 e. The van der Waals surface area contributed by atoms with Gasteiger partial charge in [-0.2, -0.15) is 4.68 Å². The number of nitrogen functional groups attached to an aromatic ring is 1. The van der Waals surface area contributed by atoms with Gasteiger partial charge in [-0.3, -0.25) is 9.59 Å². The molecule has 7 nitrogen and oxygen atoms in total. The SMILES string of the molecule is CC(=O)c1ccc(Nc2c(N3CCN(C)CC3)sc(=O)n2N)cc1. The third kappa shape index (κ3) is 3.29. The van der Waals surface area contributed by atoms with Gasteiger partial charge in [-0.15, -0.1) is 0 Å². The van der Waals surface area contributed by atoms with Crippen molar-refractivity contribution < 1.29 is 4.79 Å². The van der Waals surface area contributed by atoms with Crippen LogP contribution >= 0.6 is 11.3 Å². The summed E-state index contributed by atoms with van der Waals surface area (Å²) < 4.78 is 1.15. The first kappa shape index (κ1) is 16.5. The van der Waals surface area contributed by atoms with Gasteiger partial charge >= 0.3 is 4.87 Å². The predicted octanol–water partition coefficient (Wildman–Crippen LogP) is 1.32. The fourth-order valence-electron chi connectivity index (χ4n) is 2.64. The second-order valence-electron chi connectivity index (χ2n) is 5.94. The molecule has 0 aliphatic carbocycles. The van der Waals surface area contributed by atoms with Crippen LogP contribution < -0.4 is 20.9 Å². The van der Waals surface area contributed by atoms with Crippen molar-refractivity contribution >= 4 is 33.6 Å². The highest BCUT2D eigenvalue weighted by molar-refractivity contribution is 7.14. The summed E-state index contributed by atoms with van der Waals surface area (Å²) in [6.45, 7) is 5.14. The second-order valence-corrected chi connectivity index (χ2v) is 6.88. The number of nitrogens with zero attached hydrogens (tertiary/aromatic N) is 3. The lowest BCUT2D eigenvalue weighted by Crippen LogP contribution is -2.44. The Hall–Kier alpha value is -2.32. The number of nitrogens with two attached hydrogens (primary N) is 1. The summed E-state index contributed by atoms with van der Waals surface area (Å²) in [5, 5.41) is 4.07. The van der Waals surface area contributed by atoms with E-state index in [9.17, 15) is 9.59 Å². The summed E-state index contributed by atoms with van der Waals surface area (Å²) in [4.78, 5) is 27.6. The molecule has 0 atom stereocenters. The Morgan fingerprint density at radius 3 is 2.38 bits per heavy atom. The average molecular weight is 347 g/mol. The van der Waals surface area contributed by atoms with E-state index in [1.54, 1.807) is 12.1 Å². The number of Topliss-reactive ketones (excluding diaryl/α,β-unsaturated/α-hetero) is 1. The smallest absolute Gasteiger partial charge is 0.329 e. The van der Waals surface area contributed by atoms with Crippen molar-refractivity contribution in [1.82, 2.24) is 9.58 Å². The number of hydrogen-bond acceptors (Lipinski definition) is 7. The Morgan fingerprint density at radius 2 is 1.79 bits per heavy atom. The van der Waals surface area contributed by atoms with Crippen molar-refractivity contribution in [2.45, 2.75) is 6.92 Å². The molecule has 1 aliphatic rings. The van der Waals surface area contributed by atoms with Gasteiger partial charge in [-0.1, -0.05) is 11.3 Å². The summed E-state index contributed by atoms with van der Waals surface area (Å²) >= 11 is 1.15. The highest BCUT2D eigenvalue weighted by Gasteiger charge is 2.22. The average Bonchev–Trinajstić information content (AvgIpc) is 2.84. The fourth-order valence-corrected chi connectivity index (χ4v) is 3.55. The molecule has 1 aliphatic heterocycles. The van der Waals surface area contributed by atoms with Crippen LogP contribution in [-0.2, 0) is 0 Å². The zero-order valence-electron chi connectivity index (χ0n) is 13.8. The number of nitrogens with one attached hydrogen (secondary N) is 1. The molecular formula is C16H21N5O2S. The van der Waals surface area contributed by atoms with Gasteiger partial charge < -0.3 is 21.0 Å². The van der Waals surface area contributed by atoms with Crippen LogP contribution in [0, 0.1) is 0 Å². The largest absolute Gasteiger partial charge is 0.358 e. The summed E-state index contributed by atoms with van der Waals surface area (Å²) in [5.41, 5.74) is 1.43. The molecule has 2 aromatic rings. The van der Waals surface area contributed by atoms with Gasteiger partial charge in [-0.25, -0.2) is 0 Å². The van der Waals surface area contributed by atoms with Gasteiger partial charge in [0.2, 0.25) is 0 Å². The molecular weight excluding hydrogens is 326 g/mol. The van der Waals surface area contributed by atoms with E-state index in [-0.39, 0.29) is 10.7 Å².